The molecule has 3 aromatic rings. The SMILES string of the molecule is COc1ccc(S(C)(=O)=O)cc1NCC#Cc1cc(C(=O)NC2CCN(C)CC2)c2ncn(CC(F)(F)F)c2c1. The fraction of sp³-hybridized carbons (Fsp3) is 0.407. The smallest absolute Gasteiger partial charge is 0.406 e. The lowest BCUT2D eigenvalue weighted by molar-refractivity contribution is -0.139. The van der Waals surface area contributed by atoms with Crippen LogP contribution in [0.25, 0.3) is 11.0 Å². The van der Waals surface area contributed by atoms with Gasteiger partial charge in [-0.05, 0) is 63.3 Å². The van der Waals surface area contributed by atoms with Crippen molar-refractivity contribution in [2.24, 2.45) is 0 Å². The van der Waals surface area contributed by atoms with E-state index in [-0.39, 0.29) is 34.1 Å². The third kappa shape index (κ3) is 7.25. The molecule has 1 saturated heterocycles. The lowest BCUT2D eigenvalue weighted by Crippen LogP contribution is -2.43. The molecule has 40 heavy (non-hydrogen) atoms. The van der Waals surface area contributed by atoms with Gasteiger partial charge in [0.15, 0.2) is 9.84 Å². The third-order valence-electron chi connectivity index (χ3n) is 6.57. The molecule has 4 rings (SSSR count). The highest BCUT2D eigenvalue weighted by atomic mass is 32.2. The molecule has 1 fully saturated rings. The number of rotatable bonds is 7. The molecule has 214 valence electrons. The van der Waals surface area contributed by atoms with E-state index in [2.05, 4.69) is 32.4 Å². The van der Waals surface area contributed by atoms with E-state index in [1.807, 2.05) is 7.05 Å². The number of sulfone groups is 1. The van der Waals surface area contributed by atoms with E-state index >= 15 is 0 Å². The molecule has 2 heterocycles. The van der Waals surface area contributed by atoms with Crippen LogP contribution in [0, 0.1) is 11.8 Å². The van der Waals surface area contributed by atoms with Crippen LogP contribution in [0.2, 0.25) is 0 Å². The topological polar surface area (TPSA) is 106 Å². The standard InChI is InChI=1S/C27H30F3N5O4S/c1-34-11-8-19(9-12-34)33-26(36)21-13-18(14-23-25(21)32-17-35(23)16-27(28,29)30)5-4-10-31-22-15-20(40(3,37)38)6-7-24(22)39-2/h6-7,13-15,17,19,31H,8-12,16H2,1-3H3,(H,33,36). The molecule has 0 aliphatic carbocycles. The van der Waals surface area contributed by atoms with Gasteiger partial charge in [0.25, 0.3) is 5.91 Å². The summed E-state index contributed by atoms with van der Waals surface area (Å²) < 4.78 is 69.7. The summed E-state index contributed by atoms with van der Waals surface area (Å²) in [7, 11) is 0.00948. The molecule has 1 aliphatic heterocycles. The van der Waals surface area contributed by atoms with Crippen LogP contribution in [0.4, 0.5) is 18.9 Å². The Morgan fingerprint density at radius 1 is 1.20 bits per heavy atom. The lowest BCUT2D eigenvalue weighted by atomic mass is 10.0. The number of ether oxygens (including phenoxy) is 1. The van der Waals surface area contributed by atoms with Crippen LogP contribution in [0.3, 0.4) is 0 Å². The first-order valence-corrected chi connectivity index (χ1v) is 14.4. The molecule has 1 aliphatic rings. The van der Waals surface area contributed by atoms with E-state index < -0.39 is 28.5 Å². The molecule has 1 amide bonds. The van der Waals surface area contributed by atoms with Gasteiger partial charge in [0.2, 0.25) is 0 Å². The predicted octanol–water partition coefficient (Wildman–Crippen LogP) is 3.30. The zero-order valence-corrected chi connectivity index (χ0v) is 23.1. The number of halogens is 3. The molecule has 0 spiro atoms. The number of methoxy groups -OCH3 is 1. The molecule has 0 atom stereocenters. The van der Waals surface area contributed by atoms with E-state index in [1.54, 1.807) is 0 Å². The van der Waals surface area contributed by atoms with Crippen molar-refractivity contribution in [2.75, 3.05) is 45.4 Å². The lowest BCUT2D eigenvalue weighted by Gasteiger charge is -2.29. The number of piperidine rings is 1. The van der Waals surface area contributed by atoms with E-state index in [0.717, 1.165) is 43.1 Å². The van der Waals surface area contributed by atoms with Crippen LogP contribution in [0.1, 0.15) is 28.8 Å². The van der Waals surface area contributed by atoms with Crippen LogP contribution < -0.4 is 15.4 Å². The molecule has 1 aromatic heterocycles. The number of nitrogens with one attached hydrogen (secondary N) is 2. The van der Waals surface area contributed by atoms with Crippen LogP contribution >= 0.6 is 0 Å². The number of aromatic nitrogens is 2. The molecule has 0 bridgehead atoms. The van der Waals surface area contributed by atoms with E-state index in [0.29, 0.717) is 17.0 Å². The molecular weight excluding hydrogens is 547 g/mol. The molecule has 13 heteroatoms. The van der Waals surface area contributed by atoms with Crippen molar-refractivity contribution in [3.8, 4) is 17.6 Å². The fourth-order valence-electron chi connectivity index (χ4n) is 4.49. The molecular formula is C27H30F3N5O4S. The summed E-state index contributed by atoms with van der Waals surface area (Å²) in [6, 6.07) is 7.34. The summed E-state index contributed by atoms with van der Waals surface area (Å²) in [5.74, 6) is 5.78. The minimum absolute atomic E-state index is 0.0485. The van der Waals surface area contributed by atoms with Crippen molar-refractivity contribution in [3.63, 3.8) is 0 Å². The Bertz CT molecular complexity index is 1570. The molecule has 0 saturated carbocycles. The second-order valence-electron chi connectivity index (χ2n) is 9.72. The summed E-state index contributed by atoms with van der Waals surface area (Å²) in [5.41, 5.74) is 1.21. The first-order valence-electron chi connectivity index (χ1n) is 12.5. The van der Waals surface area contributed by atoms with Crippen LogP contribution in [0.15, 0.2) is 41.6 Å². The maximum atomic E-state index is 13.2. The highest BCUT2D eigenvalue weighted by molar-refractivity contribution is 7.90. The van der Waals surface area contributed by atoms with Gasteiger partial charge < -0.3 is 24.8 Å². The maximum absolute atomic E-state index is 13.2. The summed E-state index contributed by atoms with van der Waals surface area (Å²) in [6.07, 6.45) is -0.774. The van der Waals surface area contributed by atoms with Gasteiger partial charge in [-0.25, -0.2) is 13.4 Å². The minimum Gasteiger partial charge on any atom is -0.495 e. The number of likely N-dealkylation sites (tertiary alicyclic amines) is 1. The van der Waals surface area contributed by atoms with E-state index in [1.165, 1.54) is 37.4 Å². The van der Waals surface area contributed by atoms with Crippen molar-refractivity contribution in [3.05, 3.63) is 47.8 Å². The maximum Gasteiger partial charge on any atom is 0.406 e. The number of hydrogen-bond acceptors (Lipinski definition) is 7. The Kier molecular flexibility index (Phi) is 8.60. The number of carbonyl (C=O) groups excluding carboxylic acids is 1. The van der Waals surface area contributed by atoms with Crippen LogP contribution in [-0.2, 0) is 16.4 Å². The zero-order valence-electron chi connectivity index (χ0n) is 22.3. The number of benzene rings is 2. The Balaban J connectivity index is 1.62. The van der Waals surface area contributed by atoms with Gasteiger partial charge in [-0.3, -0.25) is 4.79 Å². The summed E-state index contributed by atoms with van der Waals surface area (Å²) in [4.78, 5) is 19.6. The molecule has 9 nitrogen and oxygen atoms in total. The molecule has 0 radical (unpaired) electrons. The second-order valence-corrected chi connectivity index (χ2v) is 11.7. The van der Waals surface area contributed by atoms with Crippen molar-refractivity contribution < 1.29 is 31.1 Å². The van der Waals surface area contributed by atoms with Gasteiger partial charge in [0.05, 0.1) is 41.6 Å². The number of carbonyl (C=O) groups is 1. The summed E-state index contributed by atoms with van der Waals surface area (Å²) in [6.45, 7) is 0.475. The first-order chi connectivity index (χ1) is 18.8. The van der Waals surface area contributed by atoms with E-state index in [4.69, 9.17) is 4.74 Å². The Morgan fingerprint density at radius 3 is 2.58 bits per heavy atom. The normalized spacial score (nSPS) is 14.9. The number of alkyl halides is 3. The second kappa shape index (κ2) is 11.8. The Hall–Kier alpha value is -3.76. The van der Waals surface area contributed by atoms with Crippen molar-refractivity contribution in [2.45, 2.75) is 36.5 Å². The quantitative estimate of drug-likeness (QED) is 0.415. The fourth-order valence-corrected chi connectivity index (χ4v) is 5.13. The predicted molar refractivity (Wildman–Crippen MR) is 145 cm³/mol. The van der Waals surface area contributed by atoms with Crippen molar-refractivity contribution >= 4 is 32.5 Å². The van der Waals surface area contributed by atoms with E-state index in [9.17, 15) is 26.4 Å². The zero-order chi connectivity index (χ0) is 29.1. The minimum atomic E-state index is -4.48. The first kappa shape index (κ1) is 29.2. The largest absolute Gasteiger partial charge is 0.495 e. The van der Waals surface area contributed by atoms with Gasteiger partial charge in [0.1, 0.15) is 17.8 Å². The average molecular weight is 578 g/mol. The van der Waals surface area contributed by atoms with Gasteiger partial charge in [-0.15, -0.1) is 0 Å². The number of amides is 1. The van der Waals surface area contributed by atoms with Gasteiger partial charge >= 0.3 is 6.18 Å². The van der Waals surface area contributed by atoms with Crippen LogP contribution in [-0.4, -0.2) is 81.0 Å². The monoisotopic (exact) mass is 577 g/mol. The Labute approximate surface area is 230 Å². The van der Waals surface area contributed by atoms with Gasteiger partial charge in [0, 0.05) is 17.9 Å². The van der Waals surface area contributed by atoms with Crippen LogP contribution in [0.5, 0.6) is 5.75 Å². The van der Waals surface area contributed by atoms with Gasteiger partial charge in [-0.2, -0.15) is 13.2 Å². The highest BCUT2D eigenvalue weighted by Crippen LogP contribution is 2.28. The average Bonchev–Trinajstić information content (AvgIpc) is 3.27. The van der Waals surface area contributed by atoms with Gasteiger partial charge in [-0.1, -0.05) is 11.8 Å². The summed E-state index contributed by atoms with van der Waals surface area (Å²) >= 11 is 0. The number of imidazole rings is 1. The van der Waals surface area contributed by atoms with Crippen molar-refractivity contribution in [1.82, 2.24) is 19.8 Å². The van der Waals surface area contributed by atoms with Crippen molar-refractivity contribution in [1.29, 1.82) is 0 Å². The Morgan fingerprint density at radius 2 is 1.93 bits per heavy atom. The number of nitrogens with zero attached hydrogens (tertiary/aromatic N) is 3. The molecule has 2 aromatic carbocycles. The number of anilines is 1. The molecule has 0 unspecified atom stereocenters. The third-order valence-corrected chi connectivity index (χ3v) is 7.68. The number of fused-ring (bicyclic) bond motifs is 1. The number of hydrogen-bond donors (Lipinski definition) is 2. The summed E-state index contributed by atoms with van der Waals surface area (Å²) in [5, 5.41) is 5.99. The highest BCUT2D eigenvalue weighted by Gasteiger charge is 2.29. The molecule has 2 N–H and O–H groups in total.